The first kappa shape index (κ1) is 14.9. The second-order valence-corrected chi connectivity index (χ2v) is 6.17. The molecule has 0 aromatic heterocycles. The van der Waals surface area contributed by atoms with Crippen LogP contribution in [0.1, 0.15) is 45.4 Å². The second-order valence-electron chi connectivity index (χ2n) is 6.17. The molecule has 112 valence electrons. The molecule has 0 bridgehead atoms. The second kappa shape index (κ2) is 5.85. The van der Waals surface area contributed by atoms with E-state index in [1.54, 1.807) is 11.0 Å². The van der Waals surface area contributed by atoms with E-state index in [1.165, 1.54) is 0 Å². The van der Waals surface area contributed by atoms with Gasteiger partial charge in [0.2, 0.25) is 0 Å². The van der Waals surface area contributed by atoms with Gasteiger partial charge in [-0.2, -0.15) is 0 Å². The molecular formula is C15H24N2O3. The molecule has 2 aliphatic rings. The van der Waals surface area contributed by atoms with Crippen LogP contribution in [0.25, 0.3) is 0 Å². The van der Waals surface area contributed by atoms with Crippen molar-refractivity contribution in [2.45, 2.75) is 57.0 Å². The monoisotopic (exact) mass is 280 g/mol. The summed E-state index contributed by atoms with van der Waals surface area (Å²) < 4.78 is 0. The zero-order valence-electron chi connectivity index (χ0n) is 12.1. The standard InChI is InChI=1S/C15H24N2O3/c1-3-10-17(12-4-5-12)14(20)16-15(13(18)19)8-6-11(2)7-9-15/h3,11-12H,1,4-10H2,2H3,(H,16,20)(H,18,19). The van der Waals surface area contributed by atoms with Gasteiger partial charge in [-0.15, -0.1) is 6.58 Å². The van der Waals surface area contributed by atoms with Crippen LogP contribution in [0.2, 0.25) is 0 Å². The van der Waals surface area contributed by atoms with Crippen LogP contribution in [0.5, 0.6) is 0 Å². The van der Waals surface area contributed by atoms with Crippen molar-refractivity contribution in [2.75, 3.05) is 6.54 Å². The summed E-state index contributed by atoms with van der Waals surface area (Å²) in [6, 6.07) is -0.00860. The Bertz CT molecular complexity index is 396. The van der Waals surface area contributed by atoms with Gasteiger partial charge in [0.25, 0.3) is 0 Å². The summed E-state index contributed by atoms with van der Waals surface area (Å²) in [5.74, 6) is -0.376. The molecule has 20 heavy (non-hydrogen) atoms. The summed E-state index contributed by atoms with van der Waals surface area (Å²) in [7, 11) is 0. The van der Waals surface area contributed by atoms with Crippen molar-refractivity contribution in [3.63, 3.8) is 0 Å². The lowest BCUT2D eigenvalue weighted by Crippen LogP contribution is -2.59. The number of carboxylic acid groups (broad SMARTS) is 1. The number of nitrogens with zero attached hydrogens (tertiary/aromatic N) is 1. The zero-order valence-corrected chi connectivity index (χ0v) is 12.1. The molecule has 2 rings (SSSR count). The van der Waals surface area contributed by atoms with Crippen molar-refractivity contribution in [2.24, 2.45) is 5.92 Å². The van der Waals surface area contributed by atoms with E-state index < -0.39 is 11.5 Å². The lowest BCUT2D eigenvalue weighted by molar-refractivity contribution is -0.146. The Hall–Kier alpha value is -1.52. The summed E-state index contributed by atoms with van der Waals surface area (Å²) in [5.41, 5.74) is -1.09. The van der Waals surface area contributed by atoms with Crippen LogP contribution < -0.4 is 5.32 Å². The van der Waals surface area contributed by atoms with Gasteiger partial charge in [-0.3, -0.25) is 0 Å². The van der Waals surface area contributed by atoms with E-state index >= 15 is 0 Å². The van der Waals surface area contributed by atoms with Gasteiger partial charge < -0.3 is 15.3 Å². The molecule has 0 saturated heterocycles. The van der Waals surface area contributed by atoms with E-state index in [2.05, 4.69) is 18.8 Å². The fourth-order valence-electron chi connectivity index (χ4n) is 2.85. The fraction of sp³-hybridized carbons (Fsp3) is 0.733. The third-order valence-corrected chi connectivity index (χ3v) is 4.46. The highest BCUT2D eigenvalue weighted by atomic mass is 16.4. The Kier molecular flexibility index (Phi) is 4.35. The first-order chi connectivity index (χ1) is 9.48. The first-order valence-electron chi connectivity index (χ1n) is 7.41. The normalized spacial score (nSPS) is 29.6. The highest BCUT2D eigenvalue weighted by molar-refractivity contribution is 5.86. The number of carbonyl (C=O) groups is 2. The Morgan fingerprint density at radius 1 is 1.35 bits per heavy atom. The third kappa shape index (κ3) is 3.14. The van der Waals surface area contributed by atoms with Crippen LogP contribution in [0.4, 0.5) is 4.79 Å². The minimum absolute atomic E-state index is 0.251. The molecule has 2 fully saturated rings. The lowest BCUT2D eigenvalue weighted by Gasteiger charge is -2.38. The van der Waals surface area contributed by atoms with Crippen LogP contribution in [-0.4, -0.2) is 40.1 Å². The summed E-state index contributed by atoms with van der Waals surface area (Å²) >= 11 is 0. The number of aliphatic carboxylic acids is 1. The number of hydrogen-bond donors (Lipinski definition) is 2. The number of amides is 2. The van der Waals surface area contributed by atoms with Gasteiger partial charge in [-0.05, 0) is 44.4 Å². The molecular weight excluding hydrogens is 256 g/mol. The molecule has 0 unspecified atom stereocenters. The summed E-state index contributed by atoms with van der Waals surface area (Å²) in [6.07, 6.45) is 6.41. The Balaban J connectivity index is 2.05. The van der Waals surface area contributed by atoms with E-state index in [0.29, 0.717) is 25.3 Å². The smallest absolute Gasteiger partial charge is 0.329 e. The molecule has 0 aromatic carbocycles. The van der Waals surface area contributed by atoms with Gasteiger partial charge in [0.15, 0.2) is 0 Å². The molecule has 0 spiro atoms. The van der Waals surface area contributed by atoms with E-state index in [-0.39, 0.29) is 12.1 Å². The maximum Gasteiger partial charge on any atom is 0.329 e. The van der Waals surface area contributed by atoms with Gasteiger partial charge in [0, 0.05) is 12.6 Å². The number of nitrogens with one attached hydrogen (secondary N) is 1. The fourth-order valence-corrected chi connectivity index (χ4v) is 2.85. The minimum Gasteiger partial charge on any atom is -0.480 e. The number of urea groups is 1. The van der Waals surface area contributed by atoms with Crippen LogP contribution in [-0.2, 0) is 4.79 Å². The number of carboxylic acids is 1. The lowest BCUT2D eigenvalue weighted by atomic mass is 9.77. The van der Waals surface area contributed by atoms with Crippen molar-refractivity contribution in [1.29, 1.82) is 0 Å². The quantitative estimate of drug-likeness (QED) is 0.760. The molecule has 2 N–H and O–H groups in total. The maximum absolute atomic E-state index is 12.4. The first-order valence-corrected chi connectivity index (χ1v) is 7.41. The maximum atomic E-state index is 12.4. The summed E-state index contributed by atoms with van der Waals surface area (Å²) in [6.45, 7) is 6.27. The molecule has 0 radical (unpaired) electrons. The van der Waals surface area contributed by atoms with E-state index in [9.17, 15) is 14.7 Å². The van der Waals surface area contributed by atoms with E-state index in [4.69, 9.17) is 0 Å². The minimum atomic E-state index is -1.09. The number of rotatable bonds is 5. The third-order valence-electron chi connectivity index (χ3n) is 4.46. The van der Waals surface area contributed by atoms with Crippen molar-refractivity contribution in [1.82, 2.24) is 10.2 Å². The molecule has 0 aliphatic heterocycles. The molecule has 2 aliphatic carbocycles. The molecule has 5 nitrogen and oxygen atoms in total. The predicted molar refractivity (Wildman–Crippen MR) is 76.5 cm³/mol. The molecule has 2 saturated carbocycles. The largest absolute Gasteiger partial charge is 0.480 e. The van der Waals surface area contributed by atoms with Gasteiger partial charge >= 0.3 is 12.0 Å². The van der Waals surface area contributed by atoms with Gasteiger partial charge in [0.05, 0.1) is 0 Å². The average Bonchev–Trinajstić information content (AvgIpc) is 3.23. The van der Waals surface area contributed by atoms with Gasteiger partial charge in [-0.25, -0.2) is 9.59 Å². The highest BCUT2D eigenvalue weighted by Crippen LogP contribution is 2.33. The topological polar surface area (TPSA) is 69.6 Å². The predicted octanol–water partition coefficient (Wildman–Crippen LogP) is 2.38. The van der Waals surface area contributed by atoms with Crippen LogP contribution in [0, 0.1) is 5.92 Å². The van der Waals surface area contributed by atoms with Crippen molar-refractivity contribution in [3.8, 4) is 0 Å². The molecule has 0 aromatic rings. The van der Waals surface area contributed by atoms with Gasteiger partial charge in [0.1, 0.15) is 5.54 Å². The van der Waals surface area contributed by atoms with Crippen molar-refractivity contribution >= 4 is 12.0 Å². The SMILES string of the molecule is C=CCN(C(=O)NC1(C(=O)O)CCC(C)CC1)C1CC1. The summed E-state index contributed by atoms with van der Waals surface area (Å²) in [4.78, 5) is 25.7. The Morgan fingerprint density at radius 3 is 2.40 bits per heavy atom. The number of hydrogen-bond acceptors (Lipinski definition) is 2. The molecule has 0 atom stereocenters. The highest BCUT2D eigenvalue weighted by Gasteiger charge is 2.44. The molecule has 2 amide bonds. The molecule has 0 heterocycles. The van der Waals surface area contributed by atoms with Crippen molar-refractivity contribution in [3.05, 3.63) is 12.7 Å². The van der Waals surface area contributed by atoms with E-state index in [1.807, 2.05) is 0 Å². The molecule has 5 heteroatoms. The Labute approximate surface area is 120 Å². The number of carbonyl (C=O) groups excluding carboxylic acids is 1. The van der Waals surface area contributed by atoms with Crippen LogP contribution in [0.15, 0.2) is 12.7 Å². The van der Waals surface area contributed by atoms with Crippen LogP contribution >= 0.6 is 0 Å². The van der Waals surface area contributed by atoms with Crippen molar-refractivity contribution < 1.29 is 14.7 Å². The zero-order chi connectivity index (χ0) is 14.8. The van der Waals surface area contributed by atoms with Gasteiger partial charge in [-0.1, -0.05) is 13.0 Å². The van der Waals surface area contributed by atoms with E-state index in [0.717, 1.165) is 25.7 Å². The summed E-state index contributed by atoms with van der Waals surface area (Å²) in [5, 5.41) is 12.3. The Morgan fingerprint density at radius 2 is 1.95 bits per heavy atom. The van der Waals surface area contributed by atoms with Crippen LogP contribution in [0.3, 0.4) is 0 Å². The average molecular weight is 280 g/mol.